The molecule has 2 aromatic rings. The highest BCUT2D eigenvalue weighted by Crippen LogP contribution is 2.35. The van der Waals surface area contributed by atoms with Gasteiger partial charge in [-0.25, -0.2) is 8.42 Å². The molecule has 21 heavy (non-hydrogen) atoms. The van der Waals surface area contributed by atoms with E-state index in [2.05, 4.69) is 22.5 Å². The quantitative estimate of drug-likeness (QED) is 0.690. The van der Waals surface area contributed by atoms with Gasteiger partial charge in [-0.1, -0.05) is 35.5 Å². The summed E-state index contributed by atoms with van der Waals surface area (Å²) < 4.78 is 31.8. The van der Waals surface area contributed by atoms with Crippen LogP contribution in [-0.2, 0) is 15.6 Å². The van der Waals surface area contributed by atoms with Gasteiger partial charge in [-0.2, -0.15) is 0 Å². The van der Waals surface area contributed by atoms with Gasteiger partial charge < -0.3 is 9.30 Å². The largest absolute Gasteiger partial charge is 0.493 e. The highest BCUT2D eigenvalue weighted by molar-refractivity contribution is 9.11. The molecule has 1 aromatic carbocycles. The number of allylic oxidation sites excluding steroid dienone is 1. The van der Waals surface area contributed by atoms with Gasteiger partial charge in [0.15, 0.2) is 0 Å². The lowest BCUT2D eigenvalue weighted by atomic mass is 10.2. The highest BCUT2D eigenvalue weighted by Gasteiger charge is 2.22. The molecular weight excluding hydrogens is 378 g/mol. The molecule has 0 spiro atoms. The average molecular weight is 393 g/mol. The van der Waals surface area contributed by atoms with E-state index in [9.17, 15) is 8.42 Å². The molecule has 7 heteroatoms. The molecule has 114 valence electrons. The van der Waals surface area contributed by atoms with Crippen LogP contribution in [0.1, 0.15) is 13.3 Å². The summed E-state index contributed by atoms with van der Waals surface area (Å²) in [5.41, 5.74) is 0.739. The zero-order chi connectivity index (χ0) is 15.6. The highest BCUT2D eigenvalue weighted by atomic mass is 79.9. The molecule has 0 unspecified atom stereocenters. The topological polar surface area (TPSA) is 48.3 Å². The third-order valence-electron chi connectivity index (χ3n) is 2.90. The Kier molecular flexibility index (Phi) is 5.01. The number of fused-ring (bicyclic) bond motifs is 1. The van der Waals surface area contributed by atoms with Gasteiger partial charge in [0.2, 0.25) is 0 Å². The van der Waals surface area contributed by atoms with E-state index in [1.807, 2.05) is 19.1 Å². The maximum atomic E-state index is 11.8. The van der Waals surface area contributed by atoms with Gasteiger partial charge in [0.25, 0.3) is 9.05 Å². The summed E-state index contributed by atoms with van der Waals surface area (Å²) in [6.07, 6.45) is 2.34. The van der Waals surface area contributed by atoms with Crippen molar-refractivity contribution >= 4 is 46.6 Å². The Hall–Kier alpha value is -0.980. The summed E-state index contributed by atoms with van der Waals surface area (Å²) in [4.78, 5) is 0.0552. The monoisotopic (exact) mass is 391 g/mol. The van der Waals surface area contributed by atoms with E-state index < -0.39 is 9.05 Å². The fraction of sp³-hybridized carbons (Fsp3) is 0.286. The molecule has 0 aliphatic heterocycles. The van der Waals surface area contributed by atoms with Crippen LogP contribution in [0, 0.1) is 0 Å². The maximum absolute atomic E-state index is 11.8. The molecular formula is C14H15BrClNO3S. The van der Waals surface area contributed by atoms with E-state index in [0.29, 0.717) is 24.3 Å². The van der Waals surface area contributed by atoms with Crippen LogP contribution >= 0.6 is 26.6 Å². The standard InChI is InChI=1S/C14H15BrClNO3S/c1-3-7-20-12-6-4-5-11-14(12)13(21(16,18)19)9-17(11)8-10(2)15/h4-6,9H,2-3,7-8H2,1H3. The fourth-order valence-electron chi connectivity index (χ4n) is 2.11. The van der Waals surface area contributed by atoms with E-state index in [1.165, 1.54) is 6.20 Å². The number of nitrogens with zero attached hydrogens (tertiary/aromatic N) is 1. The van der Waals surface area contributed by atoms with Crippen molar-refractivity contribution in [3.05, 3.63) is 35.5 Å². The van der Waals surface area contributed by atoms with Crippen LogP contribution in [0.4, 0.5) is 0 Å². The first kappa shape index (κ1) is 16.4. The van der Waals surface area contributed by atoms with Crippen LogP contribution < -0.4 is 4.74 Å². The Morgan fingerprint density at radius 1 is 1.48 bits per heavy atom. The number of hydrogen-bond donors (Lipinski definition) is 0. The third kappa shape index (κ3) is 3.62. The lowest BCUT2D eigenvalue weighted by molar-refractivity contribution is 0.321. The van der Waals surface area contributed by atoms with Crippen LogP contribution in [-0.4, -0.2) is 19.6 Å². The molecule has 4 nitrogen and oxygen atoms in total. The molecule has 0 bridgehead atoms. The number of ether oxygens (including phenoxy) is 1. The third-order valence-corrected chi connectivity index (χ3v) is 4.48. The van der Waals surface area contributed by atoms with Gasteiger partial charge in [0, 0.05) is 21.4 Å². The smallest absolute Gasteiger partial charge is 0.263 e. The van der Waals surface area contributed by atoms with Crippen molar-refractivity contribution in [2.45, 2.75) is 24.8 Å². The summed E-state index contributed by atoms with van der Waals surface area (Å²) in [6.45, 7) is 6.72. The molecule has 2 rings (SSSR count). The summed E-state index contributed by atoms with van der Waals surface area (Å²) in [5.74, 6) is 0.521. The first-order valence-electron chi connectivity index (χ1n) is 6.37. The number of benzene rings is 1. The molecule has 0 N–H and O–H groups in total. The first-order valence-corrected chi connectivity index (χ1v) is 9.47. The van der Waals surface area contributed by atoms with Gasteiger partial charge in [-0.3, -0.25) is 0 Å². The number of halogens is 2. The minimum Gasteiger partial charge on any atom is -0.493 e. The van der Waals surface area contributed by atoms with Crippen molar-refractivity contribution in [2.75, 3.05) is 6.61 Å². The predicted molar refractivity (Wildman–Crippen MR) is 88.8 cm³/mol. The predicted octanol–water partition coefficient (Wildman–Crippen LogP) is 4.27. The second kappa shape index (κ2) is 6.42. The van der Waals surface area contributed by atoms with Crippen LogP contribution in [0.3, 0.4) is 0 Å². The molecule has 0 saturated carbocycles. The minimum absolute atomic E-state index is 0.0552. The zero-order valence-electron chi connectivity index (χ0n) is 11.5. The maximum Gasteiger partial charge on any atom is 0.263 e. The van der Waals surface area contributed by atoms with E-state index in [1.54, 1.807) is 10.6 Å². The van der Waals surface area contributed by atoms with Crippen molar-refractivity contribution in [1.29, 1.82) is 0 Å². The van der Waals surface area contributed by atoms with Crippen LogP contribution in [0.2, 0.25) is 0 Å². The molecule has 1 aromatic heterocycles. The van der Waals surface area contributed by atoms with E-state index in [4.69, 9.17) is 15.4 Å². The van der Waals surface area contributed by atoms with Crippen molar-refractivity contribution in [2.24, 2.45) is 0 Å². The zero-order valence-corrected chi connectivity index (χ0v) is 14.6. The van der Waals surface area contributed by atoms with Crippen molar-refractivity contribution in [1.82, 2.24) is 4.57 Å². The Morgan fingerprint density at radius 3 is 2.76 bits per heavy atom. The van der Waals surface area contributed by atoms with E-state index in [0.717, 1.165) is 16.4 Å². The van der Waals surface area contributed by atoms with Gasteiger partial charge in [0.05, 0.1) is 24.1 Å². The van der Waals surface area contributed by atoms with Crippen molar-refractivity contribution in [3.8, 4) is 5.75 Å². The molecule has 0 fully saturated rings. The molecule has 0 aliphatic carbocycles. The summed E-state index contributed by atoms with van der Waals surface area (Å²) in [6, 6.07) is 5.40. The number of hydrogen-bond acceptors (Lipinski definition) is 3. The summed E-state index contributed by atoms with van der Waals surface area (Å²) in [7, 11) is 1.70. The first-order chi connectivity index (χ1) is 9.84. The SMILES string of the molecule is C=C(Br)Cn1cc(S(=O)(=O)Cl)c2c(OCCC)cccc21. The van der Waals surface area contributed by atoms with Gasteiger partial charge in [0.1, 0.15) is 10.6 Å². The minimum atomic E-state index is -3.87. The number of rotatable bonds is 6. The Balaban J connectivity index is 2.72. The lowest BCUT2D eigenvalue weighted by Crippen LogP contribution is -1.97. The van der Waals surface area contributed by atoms with Gasteiger partial charge in [-0.15, -0.1) is 0 Å². The van der Waals surface area contributed by atoms with Crippen molar-refractivity contribution < 1.29 is 13.2 Å². The lowest BCUT2D eigenvalue weighted by Gasteiger charge is -2.08. The second-order valence-corrected chi connectivity index (χ2v) is 8.23. The molecule has 0 amide bonds. The van der Waals surface area contributed by atoms with Crippen molar-refractivity contribution in [3.63, 3.8) is 0 Å². The fourth-order valence-corrected chi connectivity index (χ4v) is 3.44. The molecule has 0 aliphatic rings. The van der Waals surface area contributed by atoms with Gasteiger partial charge >= 0.3 is 0 Å². The second-order valence-electron chi connectivity index (χ2n) is 4.58. The Bertz CT molecular complexity index is 783. The van der Waals surface area contributed by atoms with Gasteiger partial charge in [-0.05, 0) is 18.6 Å². The Labute approximate surface area is 136 Å². The molecule has 0 saturated heterocycles. The van der Waals surface area contributed by atoms with E-state index >= 15 is 0 Å². The van der Waals surface area contributed by atoms with Crippen LogP contribution in [0.5, 0.6) is 5.75 Å². The molecule has 0 radical (unpaired) electrons. The molecule has 0 atom stereocenters. The average Bonchev–Trinajstić information content (AvgIpc) is 2.75. The van der Waals surface area contributed by atoms with Crippen LogP contribution in [0.15, 0.2) is 40.4 Å². The van der Waals surface area contributed by atoms with E-state index in [-0.39, 0.29) is 4.90 Å². The normalized spacial score (nSPS) is 11.8. The Morgan fingerprint density at radius 2 is 2.19 bits per heavy atom. The summed E-state index contributed by atoms with van der Waals surface area (Å²) in [5, 5.41) is 0.509. The summed E-state index contributed by atoms with van der Waals surface area (Å²) >= 11 is 3.29. The van der Waals surface area contributed by atoms with Crippen LogP contribution in [0.25, 0.3) is 10.9 Å². The molecule has 1 heterocycles. The number of aromatic nitrogens is 1.